The topological polar surface area (TPSA) is 383 Å². The molecule has 1 spiro atoms. The van der Waals surface area contributed by atoms with Crippen molar-refractivity contribution in [3.8, 4) is 11.5 Å². The van der Waals surface area contributed by atoms with Gasteiger partial charge in [-0.05, 0) is 80.0 Å². The van der Waals surface area contributed by atoms with Crippen molar-refractivity contribution < 1.29 is 62.6 Å². The Kier molecular flexibility index (Phi) is 23.8. The predicted octanol–water partition coefficient (Wildman–Crippen LogP) is -0.0510. The van der Waals surface area contributed by atoms with E-state index in [0.29, 0.717) is 48.3 Å². The van der Waals surface area contributed by atoms with E-state index in [1.807, 2.05) is 6.92 Å². The number of nitrogens with zero attached hydrogens (tertiary/aromatic N) is 1. The molecule has 3 aromatic rings. The van der Waals surface area contributed by atoms with Crippen molar-refractivity contribution in [1.82, 2.24) is 42.1 Å². The minimum atomic E-state index is -1.77. The number of carbonyl (C=O) groups is 11. The number of carbonyl (C=O) groups excluding carboxylic acids is 11. The zero-order valence-corrected chi connectivity index (χ0v) is 47.2. The third-order valence-corrected chi connectivity index (χ3v) is 17.5. The van der Waals surface area contributed by atoms with E-state index in [4.69, 9.17) is 21.9 Å². The first kappa shape index (κ1) is 63.3. The van der Waals surface area contributed by atoms with E-state index in [0.717, 1.165) is 19.3 Å². The van der Waals surface area contributed by atoms with Gasteiger partial charge >= 0.3 is 0 Å². The Morgan fingerprint density at radius 2 is 1.30 bits per heavy atom. The molecule has 82 heavy (non-hydrogen) atoms. The molecule has 442 valence electrons. The van der Waals surface area contributed by atoms with Gasteiger partial charge in [0, 0.05) is 49.1 Å². The molecule has 1 saturated carbocycles. The third kappa shape index (κ3) is 19.4. The second-order valence-electron chi connectivity index (χ2n) is 20.6. The summed E-state index contributed by atoms with van der Waals surface area (Å²) in [4.78, 5) is 153. The highest BCUT2D eigenvalue weighted by atomic mass is 33.1. The van der Waals surface area contributed by atoms with Gasteiger partial charge in [0.25, 0.3) is 0 Å². The third-order valence-electron chi connectivity index (χ3n) is 14.2. The van der Waals surface area contributed by atoms with Crippen LogP contribution in [0.1, 0.15) is 94.2 Å². The first-order valence-electron chi connectivity index (χ1n) is 27.3. The molecule has 1 aliphatic carbocycles. The Morgan fingerprint density at radius 3 is 1.94 bits per heavy atom. The smallest absolute Gasteiger partial charge is 0.246 e. The van der Waals surface area contributed by atoms with E-state index in [1.54, 1.807) is 66.7 Å². The Hall–Kier alpha value is -7.87. The first-order valence-corrected chi connectivity index (χ1v) is 29.6. The van der Waals surface area contributed by atoms with Crippen LogP contribution in [0.4, 0.5) is 0 Å². The molecule has 7 atom stereocenters. The average molecular weight is 1170 g/mol. The van der Waals surface area contributed by atoms with Gasteiger partial charge in [0.05, 0.1) is 19.6 Å². The van der Waals surface area contributed by atoms with Crippen molar-refractivity contribution in [2.75, 3.05) is 25.4 Å². The molecule has 26 heteroatoms. The summed E-state index contributed by atoms with van der Waals surface area (Å²) >= 11 is 0. The van der Waals surface area contributed by atoms with Crippen molar-refractivity contribution in [1.29, 1.82) is 0 Å². The minimum Gasteiger partial charge on any atom is -0.508 e. The number of benzene rings is 3. The average Bonchev–Trinajstić information content (AvgIpc) is 3.96. The molecule has 14 N–H and O–H groups in total. The number of phenols is 1. The highest BCUT2D eigenvalue weighted by molar-refractivity contribution is 8.77. The summed E-state index contributed by atoms with van der Waals surface area (Å²) in [5, 5.41) is 28.6. The zero-order valence-electron chi connectivity index (χ0n) is 45.6. The Bertz CT molecular complexity index is 2770. The van der Waals surface area contributed by atoms with Crippen molar-refractivity contribution in [2.45, 2.75) is 144 Å². The number of nitrogens with one attached hydrogen (secondary N) is 7. The highest BCUT2D eigenvalue weighted by Gasteiger charge is 2.42. The van der Waals surface area contributed by atoms with Crippen LogP contribution in [0.15, 0.2) is 78.9 Å². The molecule has 2 aliphatic heterocycles. The summed E-state index contributed by atoms with van der Waals surface area (Å²) in [5.41, 5.74) is 18.2. The molecule has 6 rings (SSSR count). The molecule has 0 aromatic heterocycles. The molecule has 24 nitrogen and oxygen atoms in total. The zero-order chi connectivity index (χ0) is 59.3. The highest BCUT2D eigenvalue weighted by Crippen LogP contribution is 2.48. The number of ether oxygens (including phenoxy) is 1. The summed E-state index contributed by atoms with van der Waals surface area (Å²) in [5.74, 6) is -8.78. The van der Waals surface area contributed by atoms with Gasteiger partial charge < -0.3 is 69.2 Å². The maximum atomic E-state index is 15.1. The quantitative estimate of drug-likeness (QED) is 0.0701. The number of nitrogens with two attached hydrogens (primary N) is 3. The predicted molar refractivity (Wildman–Crippen MR) is 305 cm³/mol. The number of aromatic hydroxyl groups is 1. The number of phenolic OH excluding ortho intramolecular Hbond substituents is 1. The largest absolute Gasteiger partial charge is 0.508 e. The Morgan fingerprint density at radius 1 is 0.707 bits per heavy atom. The normalized spacial score (nSPS) is 22.4. The van der Waals surface area contributed by atoms with Gasteiger partial charge in [-0.1, -0.05) is 95.4 Å². The van der Waals surface area contributed by atoms with E-state index < -0.39 is 138 Å². The van der Waals surface area contributed by atoms with Crippen molar-refractivity contribution >= 4 is 86.6 Å². The molecule has 2 saturated heterocycles. The molecule has 0 bridgehead atoms. The van der Waals surface area contributed by atoms with E-state index >= 15 is 4.79 Å². The molecule has 3 aliphatic rings. The maximum absolute atomic E-state index is 15.1. The van der Waals surface area contributed by atoms with Crippen LogP contribution in [0.2, 0.25) is 0 Å². The van der Waals surface area contributed by atoms with Gasteiger partial charge in [0.1, 0.15) is 53.8 Å². The second kappa shape index (κ2) is 30.8. The van der Waals surface area contributed by atoms with E-state index in [-0.39, 0.29) is 50.2 Å². The molecule has 11 amide bonds. The van der Waals surface area contributed by atoms with E-state index in [9.17, 15) is 53.1 Å². The van der Waals surface area contributed by atoms with Crippen LogP contribution in [0.3, 0.4) is 0 Å². The Labute approximate surface area is 482 Å². The van der Waals surface area contributed by atoms with Crippen LogP contribution in [0.25, 0.3) is 0 Å². The second-order valence-corrected chi connectivity index (χ2v) is 23.4. The number of primary amides is 3. The molecule has 2 heterocycles. The van der Waals surface area contributed by atoms with Crippen LogP contribution in [0.5, 0.6) is 11.5 Å². The van der Waals surface area contributed by atoms with Gasteiger partial charge in [-0.25, -0.2) is 0 Å². The fourth-order valence-electron chi connectivity index (χ4n) is 10.0. The number of hydrogen-bond donors (Lipinski definition) is 11. The summed E-state index contributed by atoms with van der Waals surface area (Å²) in [7, 11) is 2.51. The minimum absolute atomic E-state index is 0.0299. The lowest BCUT2D eigenvalue weighted by molar-refractivity contribution is -0.142. The van der Waals surface area contributed by atoms with Crippen LogP contribution in [-0.4, -0.2) is 147 Å². The molecule has 3 fully saturated rings. The number of hydrogen-bond acceptors (Lipinski definition) is 15. The van der Waals surface area contributed by atoms with Crippen LogP contribution in [-0.2, 0) is 72.0 Å². The summed E-state index contributed by atoms with van der Waals surface area (Å²) in [6.45, 7) is 1.77. The van der Waals surface area contributed by atoms with Crippen LogP contribution >= 0.6 is 21.6 Å². The molecule has 3 aromatic carbocycles. The van der Waals surface area contributed by atoms with Gasteiger partial charge in [-0.2, -0.15) is 0 Å². The SMILES string of the molecule is CCOc1ccc(C[C@H](NC(=O)[C@@H]2CCCN2C(=O)C2CSSC3(CCCCC3)CC(=O)NC(Cc3ccc(O)cc3)C(=O)N[C@@H](Cc3ccccc3)C(=O)N[C@@H](CCC(N)=O)C(=O)NC(CC(N)=O)C(=O)N2)C(=O)NCC(N)=O)cc1. The van der Waals surface area contributed by atoms with Crippen molar-refractivity contribution in [3.63, 3.8) is 0 Å². The van der Waals surface area contributed by atoms with Gasteiger partial charge in [-0.3, -0.25) is 52.7 Å². The monoisotopic (exact) mass is 1170 g/mol. The Balaban J connectivity index is 1.35. The molecule has 3 unspecified atom stereocenters. The van der Waals surface area contributed by atoms with Crippen molar-refractivity contribution in [3.05, 3.63) is 95.6 Å². The van der Waals surface area contributed by atoms with E-state index in [1.165, 1.54) is 38.6 Å². The standard InChI is InChI=1S/C56H73N11O13S2/c1-2-80-37-19-15-35(16-20-37)27-39(49(73)60-31-47(59)71)65-54(78)44-12-9-25-67(44)55(79)43-32-81-82-56(23-7-4-8-24-56)30-48(72)61-40(28-34-13-17-36(68)18-14-34)51(75)63-41(26-33-10-5-3-6-11-33)52(76)62-38(21-22-45(57)69)50(74)64-42(29-46(58)70)53(77)66-43/h3,5-6,10-11,13-20,38-44,68H,2,4,7-9,12,21-32H2,1H3,(H2,57,69)(H2,58,70)(H2,59,71)(H,60,73)(H,61,72)(H,62,76)(H,63,75)(H,64,74)(H,65,78)(H,66,77)/t38-,39-,40?,41-,42?,43?,44-/m0/s1. The van der Waals surface area contributed by atoms with Crippen molar-refractivity contribution in [2.24, 2.45) is 17.2 Å². The summed E-state index contributed by atoms with van der Waals surface area (Å²) < 4.78 is 4.78. The summed E-state index contributed by atoms with van der Waals surface area (Å²) in [6, 6.07) is 11.5. The van der Waals surface area contributed by atoms with Gasteiger partial charge in [-0.15, -0.1) is 0 Å². The lowest BCUT2D eigenvalue weighted by Crippen LogP contribution is -2.61. The molecular formula is C56H73N11O13S2. The fourth-order valence-corrected chi connectivity index (χ4v) is 13.4. The van der Waals surface area contributed by atoms with Gasteiger partial charge in [0.15, 0.2) is 0 Å². The first-order chi connectivity index (χ1) is 39.2. The lowest BCUT2D eigenvalue weighted by Gasteiger charge is -2.37. The number of rotatable bonds is 19. The number of amides is 11. The molecule has 0 radical (unpaired) electrons. The maximum Gasteiger partial charge on any atom is 0.246 e. The fraction of sp³-hybridized carbons (Fsp3) is 0.482. The van der Waals surface area contributed by atoms with E-state index in [2.05, 4.69) is 37.2 Å². The summed E-state index contributed by atoms with van der Waals surface area (Å²) in [6.07, 6.45) is 2.00. The molecular weight excluding hydrogens is 1100 g/mol. The van der Waals surface area contributed by atoms with Gasteiger partial charge in [0.2, 0.25) is 65.0 Å². The van der Waals surface area contributed by atoms with Crippen LogP contribution < -0.4 is 59.2 Å². The van der Waals surface area contributed by atoms with Crippen LogP contribution in [0, 0.1) is 0 Å². The number of likely N-dealkylation sites (tertiary alicyclic amines) is 1. The lowest BCUT2D eigenvalue weighted by atomic mass is 9.85.